The predicted molar refractivity (Wildman–Crippen MR) is 60.6 cm³/mol. The molecule has 0 radical (unpaired) electrons. The van der Waals surface area contributed by atoms with Gasteiger partial charge in [0, 0.05) is 7.11 Å². The van der Waals surface area contributed by atoms with Crippen LogP contribution < -0.4 is 4.74 Å². The molecule has 0 bridgehead atoms. The molecule has 4 nitrogen and oxygen atoms in total. The van der Waals surface area contributed by atoms with Gasteiger partial charge in [0.25, 0.3) is 0 Å². The van der Waals surface area contributed by atoms with E-state index < -0.39 is 6.10 Å². The number of hydrogen-bond donors (Lipinski definition) is 1. The Hall–Kier alpha value is -1.10. The molecule has 0 aliphatic heterocycles. The molecular weight excluding hydrogens is 208 g/mol. The number of aliphatic hydroxyl groups excluding tert-OH is 1. The molecule has 0 saturated heterocycles. The van der Waals surface area contributed by atoms with Gasteiger partial charge in [-0.25, -0.2) is 0 Å². The Morgan fingerprint density at radius 1 is 1.25 bits per heavy atom. The third kappa shape index (κ3) is 4.18. The van der Waals surface area contributed by atoms with E-state index in [1.165, 1.54) is 0 Å². The van der Waals surface area contributed by atoms with E-state index in [2.05, 4.69) is 0 Å². The molecule has 0 aromatic heterocycles. The molecule has 0 aliphatic carbocycles. The first kappa shape index (κ1) is 13.0. The van der Waals surface area contributed by atoms with E-state index in [1.54, 1.807) is 20.3 Å². The lowest BCUT2D eigenvalue weighted by atomic mass is 10.1. The normalized spacial score (nSPS) is 12.4. The summed E-state index contributed by atoms with van der Waals surface area (Å²) in [5, 5.41) is 9.82. The van der Waals surface area contributed by atoms with Gasteiger partial charge >= 0.3 is 0 Å². The molecule has 1 atom stereocenters. The standard InChI is InChI=1S/C12H18O4/c1-14-6-7-16-9-12(13)10-4-3-5-11(8-10)15-2/h3-5,8,12-13H,6-7,9H2,1-2H3. The Balaban J connectivity index is 2.42. The minimum Gasteiger partial charge on any atom is -0.497 e. The van der Waals surface area contributed by atoms with E-state index in [4.69, 9.17) is 14.2 Å². The van der Waals surface area contributed by atoms with Crippen LogP contribution in [0.1, 0.15) is 11.7 Å². The molecule has 1 unspecified atom stereocenters. The monoisotopic (exact) mass is 226 g/mol. The van der Waals surface area contributed by atoms with Crippen LogP contribution in [0.4, 0.5) is 0 Å². The summed E-state index contributed by atoms with van der Waals surface area (Å²) >= 11 is 0. The highest BCUT2D eigenvalue weighted by Gasteiger charge is 2.08. The number of rotatable bonds is 7. The molecule has 0 heterocycles. The van der Waals surface area contributed by atoms with Crippen molar-refractivity contribution in [3.05, 3.63) is 29.8 Å². The van der Waals surface area contributed by atoms with Gasteiger partial charge < -0.3 is 19.3 Å². The summed E-state index contributed by atoms with van der Waals surface area (Å²) < 4.78 is 15.2. The molecule has 4 heteroatoms. The number of aliphatic hydroxyl groups is 1. The van der Waals surface area contributed by atoms with Crippen molar-refractivity contribution in [2.75, 3.05) is 34.0 Å². The van der Waals surface area contributed by atoms with Crippen LogP contribution in [0.3, 0.4) is 0 Å². The molecule has 0 aliphatic rings. The number of methoxy groups -OCH3 is 2. The third-order valence-corrected chi connectivity index (χ3v) is 2.19. The topological polar surface area (TPSA) is 47.9 Å². The van der Waals surface area contributed by atoms with Crippen LogP contribution in [0, 0.1) is 0 Å². The molecule has 0 fully saturated rings. The first-order valence-electron chi connectivity index (χ1n) is 5.16. The summed E-state index contributed by atoms with van der Waals surface area (Å²) in [7, 11) is 3.21. The summed E-state index contributed by atoms with van der Waals surface area (Å²) in [6.07, 6.45) is -0.632. The van der Waals surface area contributed by atoms with E-state index in [-0.39, 0.29) is 6.61 Å². The minimum absolute atomic E-state index is 0.260. The lowest BCUT2D eigenvalue weighted by Gasteiger charge is -2.12. The second-order valence-electron chi connectivity index (χ2n) is 3.36. The SMILES string of the molecule is COCCOCC(O)c1cccc(OC)c1. The summed E-state index contributed by atoms with van der Waals surface area (Å²) in [4.78, 5) is 0. The summed E-state index contributed by atoms with van der Waals surface area (Å²) in [5.74, 6) is 0.730. The van der Waals surface area contributed by atoms with Gasteiger partial charge in [0.2, 0.25) is 0 Å². The Kier molecular flexibility index (Phi) is 5.85. The lowest BCUT2D eigenvalue weighted by Crippen LogP contribution is -2.10. The van der Waals surface area contributed by atoms with Crippen LogP contribution in [0.25, 0.3) is 0 Å². The van der Waals surface area contributed by atoms with Crippen molar-refractivity contribution in [1.82, 2.24) is 0 Å². The molecular formula is C12H18O4. The summed E-state index contributed by atoms with van der Waals surface area (Å²) in [5.41, 5.74) is 0.789. The average Bonchev–Trinajstić information content (AvgIpc) is 2.34. The largest absolute Gasteiger partial charge is 0.497 e. The van der Waals surface area contributed by atoms with E-state index in [0.29, 0.717) is 13.2 Å². The van der Waals surface area contributed by atoms with Crippen molar-refractivity contribution in [2.45, 2.75) is 6.10 Å². The summed E-state index contributed by atoms with van der Waals surface area (Å²) in [6, 6.07) is 7.31. The minimum atomic E-state index is -0.632. The van der Waals surface area contributed by atoms with Crippen molar-refractivity contribution in [2.24, 2.45) is 0 Å². The number of benzene rings is 1. The van der Waals surface area contributed by atoms with Gasteiger partial charge in [0.1, 0.15) is 11.9 Å². The highest BCUT2D eigenvalue weighted by molar-refractivity contribution is 5.29. The number of ether oxygens (including phenoxy) is 3. The van der Waals surface area contributed by atoms with Crippen LogP contribution >= 0.6 is 0 Å². The van der Waals surface area contributed by atoms with Crippen LogP contribution in [0.2, 0.25) is 0 Å². The first-order chi connectivity index (χ1) is 7.77. The van der Waals surface area contributed by atoms with Crippen molar-refractivity contribution in [1.29, 1.82) is 0 Å². The molecule has 90 valence electrons. The van der Waals surface area contributed by atoms with Crippen molar-refractivity contribution in [3.8, 4) is 5.75 Å². The first-order valence-corrected chi connectivity index (χ1v) is 5.16. The molecule has 0 spiro atoms. The molecule has 1 aromatic rings. The maximum atomic E-state index is 9.82. The zero-order chi connectivity index (χ0) is 11.8. The van der Waals surface area contributed by atoms with Crippen molar-refractivity contribution in [3.63, 3.8) is 0 Å². The fourth-order valence-corrected chi connectivity index (χ4v) is 1.28. The van der Waals surface area contributed by atoms with Gasteiger partial charge in [-0.2, -0.15) is 0 Å². The predicted octanol–water partition coefficient (Wildman–Crippen LogP) is 1.39. The zero-order valence-corrected chi connectivity index (χ0v) is 9.68. The van der Waals surface area contributed by atoms with E-state index >= 15 is 0 Å². The summed E-state index contributed by atoms with van der Waals surface area (Å²) in [6.45, 7) is 1.28. The van der Waals surface area contributed by atoms with E-state index in [1.807, 2.05) is 18.2 Å². The van der Waals surface area contributed by atoms with Crippen molar-refractivity contribution >= 4 is 0 Å². The van der Waals surface area contributed by atoms with Gasteiger partial charge in [0.05, 0.1) is 26.9 Å². The molecule has 16 heavy (non-hydrogen) atoms. The molecule has 1 rings (SSSR count). The van der Waals surface area contributed by atoms with Crippen molar-refractivity contribution < 1.29 is 19.3 Å². The average molecular weight is 226 g/mol. The second kappa shape index (κ2) is 7.22. The van der Waals surface area contributed by atoms with E-state index in [9.17, 15) is 5.11 Å². The zero-order valence-electron chi connectivity index (χ0n) is 9.68. The van der Waals surface area contributed by atoms with Gasteiger partial charge in [-0.15, -0.1) is 0 Å². The number of hydrogen-bond acceptors (Lipinski definition) is 4. The van der Waals surface area contributed by atoms with Crippen LogP contribution in [-0.4, -0.2) is 39.1 Å². The van der Waals surface area contributed by atoms with E-state index in [0.717, 1.165) is 11.3 Å². The lowest BCUT2D eigenvalue weighted by molar-refractivity contribution is 0.0125. The Morgan fingerprint density at radius 2 is 2.06 bits per heavy atom. The highest BCUT2D eigenvalue weighted by atomic mass is 16.5. The smallest absolute Gasteiger partial charge is 0.119 e. The Labute approximate surface area is 95.8 Å². The van der Waals surface area contributed by atoms with Crippen LogP contribution in [0.15, 0.2) is 24.3 Å². The van der Waals surface area contributed by atoms with Gasteiger partial charge in [-0.3, -0.25) is 0 Å². The molecule has 0 saturated carbocycles. The van der Waals surface area contributed by atoms with Crippen LogP contribution in [-0.2, 0) is 9.47 Å². The molecule has 1 N–H and O–H groups in total. The Bertz CT molecular complexity index is 301. The van der Waals surface area contributed by atoms with Gasteiger partial charge in [-0.05, 0) is 17.7 Å². The highest BCUT2D eigenvalue weighted by Crippen LogP contribution is 2.19. The maximum Gasteiger partial charge on any atom is 0.119 e. The van der Waals surface area contributed by atoms with Crippen LogP contribution in [0.5, 0.6) is 5.75 Å². The molecule has 1 aromatic carbocycles. The fraction of sp³-hybridized carbons (Fsp3) is 0.500. The van der Waals surface area contributed by atoms with Gasteiger partial charge in [-0.1, -0.05) is 12.1 Å². The quantitative estimate of drug-likeness (QED) is 0.714. The fourth-order valence-electron chi connectivity index (χ4n) is 1.28. The second-order valence-corrected chi connectivity index (χ2v) is 3.36. The Morgan fingerprint density at radius 3 is 2.75 bits per heavy atom. The van der Waals surface area contributed by atoms with Gasteiger partial charge in [0.15, 0.2) is 0 Å². The molecule has 0 amide bonds. The maximum absolute atomic E-state index is 9.82. The third-order valence-electron chi connectivity index (χ3n) is 2.19.